The zero-order chi connectivity index (χ0) is 11.5. The Kier molecular flexibility index (Phi) is 3.14. The summed E-state index contributed by atoms with van der Waals surface area (Å²) in [5.41, 5.74) is 1.29. The minimum Gasteiger partial charge on any atom is -0.355 e. The molecule has 0 bridgehead atoms. The van der Waals surface area contributed by atoms with Gasteiger partial charge in [-0.3, -0.25) is 9.59 Å². The quantitative estimate of drug-likeness (QED) is 0.776. The van der Waals surface area contributed by atoms with E-state index in [-0.39, 0.29) is 11.8 Å². The normalized spacial score (nSPS) is 14.7. The van der Waals surface area contributed by atoms with Crippen molar-refractivity contribution in [2.45, 2.75) is 11.3 Å². The number of hydrogen-bond donors (Lipinski definition) is 2. The second kappa shape index (κ2) is 4.57. The fraction of sp³-hybridized carbons (Fsp3) is 0.273. The van der Waals surface area contributed by atoms with Gasteiger partial charge < -0.3 is 10.6 Å². The molecular formula is C11H12N2O2S. The maximum atomic E-state index is 11.4. The number of carbonyl (C=O) groups is 2. The summed E-state index contributed by atoms with van der Waals surface area (Å²) in [6, 6.07) is 5.35. The largest absolute Gasteiger partial charge is 0.355 e. The third-order valence-electron chi connectivity index (χ3n) is 2.33. The van der Waals surface area contributed by atoms with E-state index in [1.807, 2.05) is 6.07 Å². The van der Waals surface area contributed by atoms with Crippen molar-refractivity contribution in [3.05, 3.63) is 23.8 Å². The predicted octanol–water partition coefficient (Wildman–Crippen LogP) is 1.48. The van der Waals surface area contributed by atoms with E-state index in [0.717, 1.165) is 16.3 Å². The molecule has 0 aliphatic carbocycles. The van der Waals surface area contributed by atoms with Crippen LogP contribution in [0.3, 0.4) is 0 Å². The molecule has 2 N–H and O–H groups in total. The summed E-state index contributed by atoms with van der Waals surface area (Å²) in [5.74, 6) is 0.629. The number of rotatable bonds is 1. The molecule has 1 aromatic rings. The molecule has 1 heterocycles. The standard InChI is InChI=1S/C11H12N2O2S/c1-12-11(15)7-2-3-9-8(6-7)13-10(14)4-5-16-9/h2-3,6H,4-5H2,1H3,(H,12,15)(H,13,14). The molecule has 5 heteroatoms. The van der Waals surface area contributed by atoms with Crippen molar-refractivity contribution >= 4 is 29.3 Å². The monoisotopic (exact) mass is 236 g/mol. The van der Waals surface area contributed by atoms with Crippen molar-refractivity contribution in [1.82, 2.24) is 5.32 Å². The summed E-state index contributed by atoms with van der Waals surface area (Å²) in [7, 11) is 1.58. The second-order valence-corrected chi connectivity index (χ2v) is 4.57. The molecule has 0 saturated heterocycles. The molecule has 0 fully saturated rings. The molecule has 4 nitrogen and oxygen atoms in total. The Morgan fingerprint density at radius 2 is 2.31 bits per heavy atom. The van der Waals surface area contributed by atoms with Gasteiger partial charge in [0.15, 0.2) is 0 Å². The zero-order valence-corrected chi connectivity index (χ0v) is 9.69. The average molecular weight is 236 g/mol. The highest BCUT2D eigenvalue weighted by atomic mass is 32.2. The molecule has 1 aliphatic heterocycles. The van der Waals surface area contributed by atoms with Crippen molar-refractivity contribution in [2.75, 3.05) is 18.1 Å². The Balaban J connectivity index is 2.36. The first kappa shape index (κ1) is 11.0. The molecular weight excluding hydrogens is 224 g/mol. The third-order valence-corrected chi connectivity index (χ3v) is 3.40. The van der Waals surface area contributed by atoms with Gasteiger partial charge >= 0.3 is 0 Å². The fourth-order valence-electron chi connectivity index (χ4n) is 1.51. The van der Waals surface area contributed by atoms with Gasteiger partial charge in [0, 0.05) is 29.7 Å². The van der Waals surface area contributed by atoms with Crippen LogP contribution in [0.4, 0.5) is 5.69 Å². The van der Waals surface area contributed by atoms with Crippen LogP contribution in [0.2, 0.25) is 0 Å². The van der Waals surface area contributed by atoms with Crippen molar-refractivity contribution in [1.29, 1.82) is 0 Å². The van der Waals surface area contributed by atoms with Crippen molar-refractivity contribution in [3.8, 4) is 0 Å². The highest BCUT2D eigenvalue weighted by Gasteiger charge is 2.14. The molecule has 1 aliphatic rings. The van der Waals surface area contributed by atoms with E-state index >= 15 is 0 Å². The Labute approximate surface area is 97.8 Å². The lowest BCUT2D eigenvalue weighted by Gasteiger charge is -2.07. The number of anilines is 1. The lowest BCUT2D eigenvalue weighted by Crippen LogP contribution is -2.18. The van der Waals surface area contributed by atoms with E-state index < -0.39 is 0 Å². The molecule has 2 amide bonds. The summed E-state index contributed by atoms with van der Waals surface area (Å²) >= 11 is 1.63. The molecule has 2 rings (SSSR count). The van der Waals surface area contributed by atoms with E-state index in [4.69, 9.17) is 0 Å². The number of benzene rings is 1. The van der Waals surface area contributed by atoms with Gasteiger partial charge in [0.2, 0.25) is 5.91 Å². The number of carbonyl (C=O) groups excluding carboxylic acids is 2. The van der Waals surface area contributed by atoms with Crippen LogP contribution in [0.1, 0.15) is 16.8 Å². The van der Waals surface area contributed by atoms with Crippen LogP contribution >= 0.6 is 11.8 Å². The minimum atomic E-state index is -0.147. The average Bonchev–Trinajstić information content (AvgIpc) is 2.47. The van der Waals surface area contributed by atoms with Crippen LogP contribution in [-0.2, 0) is 4.79 Å². The van der Waals surface area contributed by atoms with E-state index in [2.05, 4.69) is 10.6 Å². The maximum absolute atomic E-state index is 11.4. The highest BCUT2D eigenvalue weighted by Crippen LogP contribution is 2.31. The summed E-state index contributed by atoms with van der Waals surface area (Å²) in [6.07, 6.45) is 0.509. The molecule has 0 saturated carbocycles. The first-order chi connectivity index (χ1) is 7.70. The van der Waals surface area contributed by atoms with Crippen LogP contribution in [0.15, 0.2) is 23.1 Å². The van der Waals surface area contributed by atoms with Gasteiger partial charge in [-0.2, -0.15) is 0 Å². The van der Waals surface area contributed by atoms with Crippen LogP contribution in [0.5, 0.6) is 0 Å². The Hall–Kier alpha value is -1.49. The van der Waals surface area contributed by atoms with E-state index in [0.29, 0.717) is 12.0 Å². The lowest BCUT2D eigenvalue weighted by atomic mass is 10.2. The number of nitrogens with one attached hydrogen (secondary N) is 2. The minimum absolute atomic E-state index is 0.000284. The zero-order valence-electron chi connectivity index (χ0n) is 8.87. The van der Waals surface area contributed by atoms with Crippen molar-refractivity contribution in [3.63, 3.8) is 0 Å². The smallest absolute Gasteiger partial charge is 0.251 e. The molecule has 0 spiro atoms. The van der Waals surface area contributed by atoms with Gasteiger partial charge in [0.25, 0.3) is 5.91 Å². The SMILES string of the molecule is CNC(=O)c1ccc2c(c1)NC(=O)CCS2. The second-order valence-electron chi connectivity index (χ2n) is 3.44. The summed E-state index contributed by atoms with van der Waals surface area (Å²) in [4.78, 5) is 23.8. The highest BCUT2D eigenvalue weighted by molar-refractivity contribution is 7.99. The van der Waals surface area contributed by atoms with E-state index in [1.54, 1.807) is 30.9 Å². The van der Waals surface area contributed by atoms with E-state index in [1.165, 1.54) is 0 Å². The maximum Gasteiger partial charge on any atom is 0.251 e. The summed E-state index contributed by atoms with van der Waals surface area (Å²) < 4.78 is 0. The topological polar surface area (TPSA) is 58.2 Å². The Bertz CT molecular complexity index is 446. The van der Waals surface area contributed by atoms with Crippen molar-refractivity contribution in [2.24, 2.45) is 0 Å². The van der Waals surface area contributed by atoms with Gasteiger partial charge in [-0.05, 0) is 18.2 Å². The first-order valence-electron chi connectivity index (χ1n) is 4.99. The van der Waals surface area contributed by atoms with Gasteiger partial charge in [-0.1, -0.05) is 0 Å². The molecule has 0 atom stereocenters. The number of thioether (sulfide) groups is 1. The van der Waals surface area contributed by atoms with Crippen LogP contribution in [0, 0.1) is 0 Å². The van der Waals surface area contributed by atoms with Crippen LogP contribution in [0.25, 0.3) is 0 Å². The van der Waals surface area contributed by atoms with E-state index in [9.17, 15) is 9.59 Å². The number of amides is 2. The Morgan fingerprint density at radius 3 is 3.06 bits per heavy atom. The molecule has 16 heavy (non-hydrogen) atoms. The summed E-state index contributed by atoms with van der Waals surface area (Å²) in [5, 5.41) is 5.36. The molecule has 0 unspecified atom stereocenters. The van der Waals surface area contributed by atoms with Crippen molar-refractivity contribution < 1.29 is 9.59 Å². The first-order valence-corrected chi connectivity index (χ1v) is 5.98. The van der Waals surface area contributed by atoms with Gasteiger partial charge in [-0.15, -0.1) is 11.8 Å². The lowest BCUT2D eigenvalue weighted by molar-refractivity contribution is -0.115. The molecule has 1 aromatic carbocycles. The van der Waals surface area contributed by atoms with Gasteiger partial charge in [0.1, 0.15) is 0 Å². The number of hydrogen-bond acceptors (Lipinski definition) is 3. The molecule has 0 aromatic heterocycles. The van der Waals surface area contributed by atoms with Gasteiger partial charge in [0.05, 0.1) is 5.69 Å². The fourth-order valence-corrected chi connectivity index (χ4v) is 2.44. The van der Waals surface area contributed by atoms with Crippen LogP contribution in [-0.4, -0.2) is 24.6 Å². The third kappa shape index (κ3) is 2.19. The molecule has 84 valence electrons. The van der Waals surface area contributed by atoms with Crippen LogP contribution < -0.4 is 10.6 Å². The summed E-state index contributed by atoms with van der Waals surface area (Å²) in [6.45, 7) is 0. The predicted molar refractivity (Wildman–Crippen MR) is 63.8 cm³/mol. The number of fused-ring (bicyclic) bond motifs is 1. The van der Waals surface area contributed by atoms with Gasteiger partial charge in [-0.25, -0.2) is 0 Å². The molecule has 0 radical (unpaired) electrons. The Morgan fingerprint density at radius 1 is 1.50 bits per heavy atom.